The minimum absolute atomic E-state index is 0.145. The fourth-order valence-electron chi connectivity index (χ4n) is 6.28. The first-order valence-electron chi connectivity index (χ1n) is 7.71. The molecule has 4 fully saturated rings. The van der Waals surface area contributed by atoms with Crippen LogP contribution in [-0.2, 0) is 4.79 Å². The van der Waals surface area contributed by atoms with E-state index in [2.05, 4.69) is 29.4 Å². The molecule has 1 aromatic rings. The molecule has 1 amide bonds. The maximum Gasteiger partial charge on any atom is 0.231 e. The highest BCUT2D eigenvalue weighted by molar-refractivity contribution is 5.95. The second-order valence-electron chi connectivity index (χ2n) is 8.33. The van der Waals surface area contributed by atoms with E-state index in [1.165, 1.54) is 19.3 Å². The molecule has 108 valence electrons. The predicted molar refractivity (Wildman–Crippen MR) is 77.1 cm³/mol. The zero-order valence-electron chi connectivity index (χ0n) is 12.3. The van der Waals surface area contributed by atoms with Crippen molar-refractivity contribution in [3.63, 3.8) is 0 Å². The van der Waals surface area contributed by atoms with E-state index in [0.29, 0.717) is 10.8 Å². The molecule has 4 heteroatoms. The van der Waals surface area contributed by atoms with Crippen molar-refractivity contribution in [1.29, 1.82) is 0 Å². The second-order valence-corrected chi connectivity index (χ2v) is 8.33. The van der Waals surface area contributed by atoms with Gasteiger partial charge in [-0.05, 0) is 55.3 Å². The van der Waals surface area contributed by atoms with Gasteiger partial charge in [-0.3, -0.25) is 9.89 Å². The van der Waals surface area contributed by atoms with Gasteiger partial charge < -0.3 is 5.32 Å². The first-order valence-corrected chi connectivity index (χ1v) is 7.71. The average Bonchev–Trinajstić information content (AvgIpc) is 2.76. The lowest BCUT2D eigenvalue weighted by Crippen LogP contribution is -2.58. The zero-order valence-corrected chi connectivity index (χ0v) is 12.3. The SMILES string of the molecule is CC12CC3CC(C)(C1)CC(C(=O)Nc1ccn[nH]1)(C3)C2. The number of amides is 1. The van der Waals surface area contributed by atoms with Crippen LogP contribution in [0.4, 0.5) is 5.82 Å². The molecule has 0 radical (unpaired) electrons. The summed E-state index contributed by atoms with van der Waals surface area (Å²) in [6.07, 6.45) is 8.83. The van der Waals surface area contributed by atoms with Crippen molar-refractivity contribution >= 4 is 11.7 Å². The maximum atomic E-state index is 12.9. The van der Waals surface area contributed by atoms with Crippen LogP contribution in [0.1, 0.15) is 52.4 Å². The van der Waals surface area contributed by atoms with E-state index in [4.69, 9.17) is 0 Å². The van der Waals surface area contributed by atoms with Crippen LogP contribution >= 0.6 is 0 Å². The zero-order chi connectivity index (χ0) is 14.0. The average molecular weight is 273 g/mol. The van der Waals surface area contributed by atoms with Crippen LogP contribution in [0.25, 0.3) is 0 Å². The van der Waals surface area contributed by atoms with Crippen molar-refractivity contribution in [3.05, 3.63) is 12.3 Å². The van der Waals surface area contributed by atoms with E-state index in [1.807, 2.05) is 6.07 Å². The highest BCUT2D eigenvalue weighted by Gasteiger charge is 2.62. The minimum Gasteiger partial charge on any atom is -0.311 e. The number of nitrogens with one attached hydrogen (secondary N) is 2. The number of nitrogens with zero attached hydrogens (tertiary/aromatic N) is 1. The van der Waals surface area contributed by atoms with E-state index >= 15 is 0 Å². The molecule has 0 saturated heterocycles. The quantitative estimate of drug-likeness (QED) is 0.868. The van der Waals surface area contributed by atoms with Crippen molar-refractivity contribution in [3.8, 4) is 0 Å². The van der Waals surface area contributed by atoms with Crippen molar-refractivity contribution in [2.24, 2.45) is 22.2 Å². The number of anilines is 1. The predicted octanol–water partition coefficient (Wildman–Crippen LogP) is 3.34. The largest absolute Gasteiger partial charge is 0.311 e. The summed E-state index contributed by atoms with van der Waals surface area (Å²) in [6, 6.07) is 1.82. The van der Waals surface area contributed by atoms with Crippen molar-refractivity contribution in [1.82, 2.24) is 10.2 Å². The molecule has 2 atom stereocenters. The third-order valence-corrected chi connectivity index (χ3v) is 5.86. The Morgan fingerprint density at radius 3 is 2.50 bits per heavy atom. The molecule has 2 N–H and O–H groups in total. The molecule has 4 bridgehead atoms. The molecule has 2 unspecified atom stereocenters. The van der Waals surface area contributed by atoms with Crippen molar-refractivity contribution < 1.29 is 4.79 Å². The molecule has 20 heavy (non-hydrogen) atoms. The third-order valence-electron chi connectivity index (χ3n) is 5.86. The van der Waals surface area contributed by atoms with Gasteiger partial charge in [-0.1, -0.05) is 13.8 Å². The Kier molecular flexibility index (Phi) is 2.27. The molecule has 0 aliphatic heterocycles. The minimum atomic E-state index is -0.145. The molecule has 0 aromatic carbocycles. The first kappa shape index (κ1) is 12.4. The van der Waals surface area contributed by atoms with Crippen LogP contribution in [0, 0.1) is 22.2 Å². The number of hydrogen-bond acceptors (Lipinski definition) is 2. The smallest absolute Gasteiger partial charge is 0.231 e. The number of carbonyl (C=O) groups excluding carboxylic acids is 1. The molecule has 1 aromatic heterocycles. The summed E-state index contributed by atoms with van der Waals surface area (Å²) in [5.74, 6) is 1.68. The third kappa shape index (κ3) is 1.73. The number of aromatic nitrogens is 2. The summed E-state index contributed by atoms with van der Waals surface area (Å²) in [6.45, 7) is 4.79. The summed E-state index contributed by atoms with van der Waals surface area (Å²) >= 11 is 0. The van der Waals surface area contributed by atoms with Crippen LogP contribution < -0.4 is 5.32 Å². The summed E-state index contributed by atoms with van der Waals surface area (Å²) in [5, 5.41) is 9.80. The molecule has 4 nitrogen and oxygen atoms in total. The lowest BCUT2D eigenvalue weighted by Gasteiger charge is -2.64. The summed E-state index contributed by atoms with van der Waals surface area (Å²) < 4.78 is 0. The van der Waals surface area contributed by atoms with Gasteiger partial charge in [0.05, 0.1) is 11.6 Å². The monoisotopic (exact) mass is 273 g/mol. The van der Waals surface area contributed by atoms with Gasteiger partial charge in [0.25, 0.3) is 0 Å². The van der Waals surface area contributed by atoms with E-state index < -0.39 is 0 Å². The lowest BCUT2D eigenvalue weighted by atomic mass is 9.40. The molecular formula is C16H23N3O. The highest BCUT2D eigenvalue weighted by atomic mass is 16.2. The van der Waals surface area contributed by atoms with Gasteiger partial charge in [-0.15, -0.1) is 0 Å². The van der Waals surface area contributed by atoms with Crippen LogP contribution in [0.5, 0.6) is 0 Å². The Labute approximate surface area is 119 Å². The number of aromatic amines is 1. The normalized spacial score (nSPS) is 45.6. The van der Waals surface area contributed by atoms with Crippen LogP contribution in [-0.4, -0.2) is 16.1 Å². The van der Waals surface area contributed by atoms with Gasteiger partial charge in [-0.2, -0.15) is 5.10 Å². The van der Waals surface area contributed by atoms with Gasteiger partial charge in [0.1, 0.15) is 5.82 Å². The van der Waals surface area contributed by atoms with E-state index in [-0.39, 0.29) is 11.3 Å². The Balaban J connectivity index is 1.65. The molecule has 0 spiro atoms. The number of rotatable bonds is 2. The topological polar surface area (TPSA) is 57.8 Å². The highest BCUT2D eigenvalue weighted by Crippen LogP contribution is 2.69. The molecule has 4 aliphatic carbocycles. The fraction of sp³-hybridized carbons (Fsp3) is 0.750. The Morgan fingerprint density at radius 1 is 1.25 bits per heavy atom. The van der Waals surface area contributed by atoms with E-state index in [1.54, 1.807) is 6.20 Å². The van der Waals surface area contributed by atoms with Crippen LogP contribution in [0.3, 0.4) is 0 Å². The molecule has 4 aliphatic rings. The maximum absolute atomic E-state index is 12.9. The molecule has 1 heterocycles. The van der Waals surface area contributed by atoms with Gasteiger partial charge in [0.15, 0.2) is 0 Å². The van der Waals surface area contributed by atoms with Crippen molar-refractivity contribution in [2.45, 2.75) is 52.4 Å². The number of H-pyrrole nitrogens is 1. The number of hydrogen-bond donors (Lipinski definition) is 2. The van der Waals surface area contributed by atoms with Crippen LogP contribution in [0.15, 0.2) is 12.3 Å². The summed E-state index contributed by atoms with van der Waals surface area (Å²) in [7, 11) is 0. The standard InChI is InChI=1S/C16H23N3O/c1-14-5-11-6-15(2,8-14)10-16(7-11,9-14)13(20)18-12-3-4-17-19-12/h3-4,11H,5-10H2,1-2H3,(H2,17,18,19,20). The summed E-state index contributed by atoms with van der Waals surface area (Å²) in [5.41, 5.74) is 0.604. The van der Waals surface area contributed by atoms with Crippen LogP contribution in [0.2, 0.25) is 0 Å². The van der Waals surface area contributed by atoms with Gasteiger partial charge in [0.2, 0.25) is 5.91 Å². The van der Waals surface area contributed by atoms with E-state index in [0.717, 1.165) is 31.0 Å². The molecular weight excluding hydrogens is 250 g/mol. The molecule has 4 saturated carbocycles. The second kappa shape index (κ2) is 3.66. The fourth-order valence-corrected chi connectivity index (χ4v) is 6.28. The van der Waals surface area contributed by atoms with Crippen molar-refractivity contribution in [2.75, 3.05) is 5.32 Å². The van der Waals surface area contributed by atoms with Gasteiger partial charge in [-0.25, -0.2) is 0 Å². The Hall–Kier alpha value is -1.32. The van der Waals surface area contributed by atoms with E-state index in [9.17, 15) is 4.79 Å². The number of carbonyl (C=O) groups is 1. The van der Waals surface area contributed by atoms with Gasteiger partial charge >= 0.3 is 0 Å². The molecule has 5 rings (SSSR count). The first-order chi connectivity index (χ1) is 9.41. The lowest BCUT2D eigenvalue weighted by molar-refractivity contribution is -0.165. The Morgan fingerprint density at radius 2 is 1.95 bits per heavy atom. The summed E-state index contributed by atoms with van der Waals surface area (Å²) in [4.78, 5) is 12.9. The Bertz CT molecular complexity index is 532. The van der Waals surface area contributed by atoms with Gasteiger partial charge in [0, 0.05) is 6.07 Å².